The lowest BCUT2D eigenvalue weighted by molar-refractivity contribution is 0.251. The molecule has 0 spiro atoms. The van der Waals surface area contributed by atoms with E-state index in [4.69, 9.17) is 0 Å². The summed E-state index contributed by atoms with van der Waals surface area (Å²) in [4.78, 5) is 0.257. The lowest BCUT2D eigenvalue weighted by Crippen LogP contribution is -2.33. The molecule has 2 rings (SSSR count). The van der Waals surface area contributed by atoms with E-state index in [0.29, 0.717) is 0 Å². The average Bonchev–Trinajstić information content (AvgIpc) is 2.62. The van der Waals surface area contributed by atoms with Crippen molar-refractivity contribution in [1.29, 1.82) is 0 Å². The lowest BCUT2D eigenvalue weighted by Gasteiger charge is -2.25. The Hall–Kier alpha value is -1.69. The summed E-state index contributed by atoms with van der Waals surface area (Å²) in [6.45, 7) is 6.50. The Balaban J connectivity index is 2.30. The minimum atomic E-state index is -3.66. The molecule has 2 aromatic carbocycles. The quantitative estimate of drug-likeness (QED) is 0.782. The number of nitrogens with zero attached hydrogens (tertiary/aromatic N) is 1. The molecule has 0 aromatic heterocycles. The van der Waals surface area contributed by atoms with E-state index >= 15 is 0 Å². The van der Waals surface area contributed by atoms with Gasteiger partial charge in [0.1, 0.15) is 0 Å². The Bertz CT molecular complexity index is 768. The highest BCUT2D eigenvalue weighted by molar-refractivity contribution is 7.89. The molecule has 136 valence electrons. The molecule has 0 atom stereocenters. The van der Waals surface area contributed by atoms with E-state index < -0.39 is 10.0 Å². The van der Waals surface area contributed by atoms with Crippen LogP contribution in [-0.2, 0) is 22.0 Å². The first kappa shape index (κ1) is 19.6. The third kappa shape index (κ3) is 4.69. The summed E-state index contributed by atoms with van der Waals surface area (Å²) in [7, 11) is -3.66. The first-order valence-electron chi connectivity index (χ1n) is 8.56. The van der Waals surface area contributed by atoms with Crippen molar-refractivity contribution in [3.8, 4) is 0 Å². The molecule has 25 heavy (non-hydrogen) atoms. The van der Waals surface area contributed by atoms with Crippen LogP contribution in [0.25, 0.3) is 0 Å². The van der Waals surface area contributed by atoms with Crippen LogP contribution >= 0.6 is 0 Å². The molecule has 0 unspecified atom stereocenters. The minimum Gasteiger partial charge on any atom is -0.395 e. The fraction of sp³-hybridized carbons (Fsp3) is 0.400. The van der Waals surface area contributed by atoms with Gasteiger partial charge in [-0.3, -0.25) is 0 Å². The van der Waals surface area contributed by atoms with Crippen LogP contribution in [0.3, 0.4) is 0 Å². The molecule has 0 saturated carbocycles. The molecule has 4 nitrogen and oxygen atoms in total. The van der Waals surface area contributed by atoms with Crippen molar-refractivity contribution in [3.05, 3.63) is 65.7 Å². The van der Waals surface area contributed by atoms with Gasteiger partial charge in [-0.2, -0.15) is 4.31 Å². The number of benzene rings is 2. The average molecular weight is 362 g/mol. The van der Waals surface area contributed by atoms with E-state index in [1.165, 1.54) is 4.31 Å². The minimum absolute atomic E-state index is 0.0110. The fourth-order valence-electron chi connectivity index (χ4n) is 2.61. The number of hydrogen-bond acceptors (Lipinski definition) is 3. The molecule has 0 aliphatic rings. The number of rotatable bonds is 8. The van der Waals surface area contributed by atoms with Gasteiger partial charge in [-0.05, 0) is 35.1 Å². The van der Waals surface area contributed by atoms with E-state index in [-0.39, 0.29) is 30.0 Å². The van der Waals surface area contributed by atoms with Crippen LogP contribution in [0.2, 0.25) is 0 Å². The van der Waals surface area contributed by atoms with Crippen molar-refractivity contribution in [1.82, 2.24) is 4.31 Å². The topological polar surface area (TPSA) is 57.6 Å². The van der Waals surface area contributed by atoms with Crippen LogP contribution in [0, 0.1) is 0 Å². The highest BCUT2D eigenvalue weighted by Gasteiger charge is 2.25. The van der Waals surface area contributed by atoms with Gasteiger partial charge in [-0.1, -0.05) is 63.2 Å². The van der Waals surface area contributed by atoms with Crippen LogP contribution in [0.1, 0.15) is 38.3 Å². The molecule has 0 bridgehead atoms. The summed E-state index contributed by atoms with van der Waals surface area (Å²) >= 11 is 0. The Kier molecular flexibility index (Phi) is 6.38. The maximum Gasteiger partial charge on any atom is 0.243 e. The maximum atomic E-state index is 13.0. The van der Waals surface area contributed by atoms with Crippen molar-refractivity contribution in [2.75, 3.05) is 13.2 Å². The second kappa shape index (κ2) is 8.13. The van der Waals surface area contributed by atoms with Crippen LogP contribution in [0.5, 0.6) is 0 Å². The van der Waals surface area contributed by atoms with Crippen LogP contribution in [0.4, 0.5) is 0 Å². The van der Waals surface area contributed by atoms with E-state index in [0.717, 1.165) is 17.5 Å². The summed E-state index contributed by atoms with van der Waals surface area (Å²) in [5.74, 6) is 0. The molecular weight excluding hydrogens is 334 g/mol. The van der Waals surface area contributed by atoms with E-state index in [2.05, 4.69) is 20.8 Å². The van der Waals surface area contributed by atoms with Gasteiger partial charge in [-0.15, -0.1) is 0 Å². The molecule has 0 fully saturated rings. The summed E-state index contributed by atoms with van der Waals surface area (Å²) in [5, 5.41) is 9.30. The first-order chi connectivity index (χ1) is 11.8. The number of aliphatic hydroxyl groups excluding tert-OH is 1. The lowest BCUT2D eigenvalue weighted by atomic mass is 9.82. The van der Waals surface area contributed by atoms with Gasteiger partial charge >= 0.3 is 0 Å². The highest BCUT2D eigenvalue weighted by atomic mass is 32.2. The molecule has 0 radical (unpaired) electrons. The van der Waals surface area contributed by atoms with Gasteiger partial charge in [0.2, 0.25) is 10.0 Å². The standard InChI is InChI=1S/C20H27NO3S/c1-4-20(2,3)18-10-12-19(13-11-18)25(23,24)21(14-15-22)16-17-8-6-5-7-9-17/h5-13,22H,4,14-16H2,1-3H3. The maximum absolute atomic E-state index is 13.0. The zero-order valence-electron chi connectivity index (χ0n) is 15.1. The third-order valence-electron chi connectivity index (χ3n) is 4.71. The van der Waals surface area contributed by atoms with Gasteiger partial charge < -0.3 is 5.11 Å². The van der Waals surface area contributed by atoms with E-state index in [1.807, 2.05) is 42.5 Å². The predicted molar refractivity (Wildman–Crippen MR) is 101 cm³/mol. The second-order valence-electron chi connectivity index (χ2n) is 6.81. The van der Waals surface area contributed by atoms with E-state index in [9.17, 15) is 13.5 Å². The van der Waals surface area contributed by atoms with Crippen molar-refractivity contribution >= 4 is 10.0 Å². The van der Waals surface area contributed by atoms with Crippen molar-refractivity contribution < 1.29 is 13.5 Å². The van der Waals surface area contributed by atoms with Gasteiger partial charge in [-0.25, -0.2) is 8.42 Å². The molecule has 1 N–H and O–H groups in total. The number of aliphatic hydroxyl groups is 1. The van der Waals surface area contributed by atoms with Gasteiger partial charge in [0, 0.05) is 13.1 Å². The van der Waals surface area contributed by atoms with Crippen LogP contribution in [-0.4, -0.2) is 31.0 Å². The molecular formula is C20H27NO3S. The van der Waals surface area contributed by atoms with Gasteiger partial charge in [0.15, 0.2) is 0 Å². The molecule has 0 amide bonds. The molecule has 0 aliphatic carbocycles. The summed E-state index contributed by atoms with van der Waals surface area (Å²) < 4.78 is 27.3. The molecule has 5 heteroatoms. The summed E-state index contributed by atoms with van der Waals surface area (Å²) in [6, 6.07) is 16.5. The Morgan fingerprint density at radius 2 is 1.60 bits per heavy atom. The Labute approximate surface area is 151 Å². The Morgan fingerprint density at radius 3 is 2.12 bits per heavy atom. The third-order valence-corrected chi connectivity index (χ3v) is 6.57. The highest BCUT2D eigenvalue weighted by Crippen LogP contribution is 2.28. The normalized spacial score (nSPS) is 12.5. The second-order valence-corrected chi connectivity index (χ2v) is 8.75. The molecule has 0 heterocycles. The van der Waals surface area contributed by atoms with Crippen LogP contribution < -0.4 is 0 Å². The predicted octanol–water partition coefficient (Wildman–Crippen LogP) is 3.56. The number of sulfonamides is 1. The Morgan fingerprint density at radius 1 is 1.00 bits per heavy atom. The monoisotopic (exact) mass is 361 g/mol. The zero-order chi connectivity index (χ0) is 18.5. The summed E-state index contributed by atoms with van der Waals surface area (Å²) in [5.41, 5.74) is 2.02. The van der Waals surface area contributed by atoms with Crippen LogP contribution in [0.15, 0.2) is 59.5 Å². The van der Waals surface area contributed by atoms with Crippen molar-refractivity contribution in [3.63, 3.8) is 0 Å². The molecule has 0 aliphatic heterocycles. The molecule has 2 aromatic rings. The smallest absolute Gasteiger partial charge is 0.243 e. The van der Waals surface area contributed by atoms with Crippen molar-refractivity contribution in [2.24, 2.45) is 0 Å². The number of hydrogen-bond donors (Lipinski definition) is 1. The first-order valence-corrected chi connectivity index (χ1v) is 10.0. The van der Waals surface area contributed by atoms with Gasteiger partial charge in [0.25, 0.3) is 0 Å². The summed E-state index contributed by atoms with van der Waals surface area (Å²) in [6.07, 6.45) is 0.976. The molecule has 0 saturated heterocycles. The van der Waals surface area contributed by atoms with E-state index in [1.54, 1.807) is 12.1 Å². The van der Waals surface area contributed by atoms with Crippen molar-refractivity contribution in [2.45, 2.75) is 44.0 Å². The SMILES string of the molecule is CCC(C)(C)c1ccc(S(=O)(=O)N(CCO)Cc2ccccc2)cc1. The zero-order valence-corrected chi connectivity index (χ0v) is 16.0. The van der Waals surface area contributed by atoms with Gasteiger partial charge in [0.05, 0.1) is 11.5 Å². The fourth-order valence-corrected chi connectivity index (χ4v) is 4.03. The largest absolute Gasteiger partial charge is 0.395 e.